The Kier molecular flexibility index (Phi) is 2.37. The van der Waals surface area contributed by atoms with Crippen molar-refractivity contribution in [2.45, 2.75) is 37.7 Å². The number of ether oxygens (including phenoxy) is 2. The molecule has 0 amide bonds. The van der Waals surface area contributed by atoms with Crippen molar-refractivity contribution in [2.24, 2.45) is 11.3 Å². The molecule has 1 heterocycles. The molecule has 2 aliphatic carbocycles. The number of aldehydes is 1. The van der Waals surface area contributed by atoms with E-state index in [2.05, 4.69) is 6.92 Å². The summed E-state index contributed by atoms with van der Waals surface area (Å²) in [4.78, 5) is 23.4. The molecule has 1 aromatic rings. The van der Waals surface area contributed by atoms with Gasteiger partial charge < -0.3 is 14.3 Å². The first-order valence-corrected chi connectivity index (χ1v) is 7.41. The summed E-state index contributed by atoms with van der Waals surface area (Å²) in [5.74, 6) is 0.571. The molecule has 0 radical (unpaired) electrons. The van der Waals surface area contributed by atoms with Gasteiger partial charge in [0.05, 0.1) is 7.11 Å². The van der Waals surface area contributed by atoms with Crippen molar-refractivity contribution < 1.29 is 19.1 Å². The maximum Gasteiger partial charge on any atom is 0.341 e. The molecule has 1 spiro atoms. The predicted octanol–water partition coefficient (Wildman–Crippen LogP) is 2.71. The zero-order chi connectivity index (χ0) is 14.8. The Balaban J connectivity index is 1.86. The smallest absolute Gasteiger partial charge is 0.341 e. The molecule has 1 aliphatic heterocycles. The third kappa shape index (κ3) is 1.45. The van der Waals surface area contributed by atoms with E-state index in [0.29, 0.717) is 11.3 Å². The summed E-state index contributed by atoms with van der Waals surface area (Å²) in [7, 11) is 1.38. The Morgan fingerprint density at radius 2 is 2.19 bits per heavy atom. The molecule has 4 nitrogen and oxygen atoms in total. The molecule has 0 N–H and O–H groups in total. The van der Waals surface area contributed by atoms with E-state index in [1.165, 1.54) is 7.11 Å². The van der Waals surface area contributed by atoms with Crippen molar-refractivity contribution in [3.05, 3.63) is 29.3 Å². The van der Waals surface area contributed by atoms with E-state index < -0.39 is 0 Å². The lowest BCUT2D eigenvalue weighted by molar-refractivity contribution is -0.112. The minimum absolute atomic E-state index is 0.0521. The first-order valence-electron chi connectivity index (χ1n) is 7.41. The number of rotatable bonds is 2. The van der Waals surface area contributed by atoms with Gasteiger partial charge in [-0.25, -0.2) is 4.79 Å². The Hall–Kier alpha value is -1.84. The molecule has 0 aromatic heterocycles. The predicted molar refractivity (Wildman–Crippen MR) is 75.4 cm³/mol. The number of carbonyl (C=O) groups is 2. The second-order valence-electron chi connectivity index (χ2n) is 6.74. The average molecular weight is 286 g/mol. The van der Waals surface area contributed by atoms with Crippen molar-refractivity contribution in [3.8, 4) is 5.75 Å². The van der Waals surface area contributed by atoms with Crippen LogP contribution in [0.4, 0.5) is 0 Å². The standard InChI is InChI=1S/C17H18O4/c1-16-8-10(9-18)17(6-7-17)14(16)11-4-3-5-12(13(11)21-16)15(19)20-2/h3-5,9-10,14H,6-8H2,1-2H3/t10-,14?,16?/m0/s1. The lowest BCUT2D eigenvalue weighted by Crippen LogP contribution is -2.31. The molecule has 1 aromatic carbocycles. The molecule has 2 fully saturated rings. The van der Waals surface area contributed by atoms with E-state index in [0.717, 1.165) is 31.1 Å². The van der Waals surface area contributed by atoms with Gasteiger partial charge >= 0.3 is 5.97 Å². The van der Waals surface area contributed by atoms with Crippen LogP contribution < -0.4 is 4.74 Å². The third-order valence-corrected chi connectivity index (χ3v) is 5.64. The van der Waals surface area contributed by atoms with Crippen LogP contribution in [0.15, 0.2) is 18.2 Å². The van der Waals surface area contributed by atoms with Gasteiger partial charge in [-0.3, -0.25) is 0 Å². The van der Waals surface area contributed by atoms with Crippen LogP contribution in [0.2, 0.25) is 0 Å². The highest BCUT2D eigenvalue weighted by molar-refractivity contribution is 5.93. The topological polar surface area (TPSA) is 52.6 Å². The van der Waals surface area contributed by atoms with Crippen molar-refractivity contribution in [1.29, 1.82) is 0 Å². The Bertz CT molecular complexity index is 646. The fourth-order valence-corrected chi connectivity index (χ4v) is 4.71. The Morgan fingerprint density at radius 1 is 1.43 bits per heavy atom. The fraction of sp³-hybridized carbons (Fsp3) is 0.529. The van der Waals surface area contributed by atoms with E-state index in [-0.39, 0.29) is 28.8 Å². The summed E-state index contributed by atoms with van der Waals surface area (Å²) in [5, 5.41) is 0. The number of hydrogen-bond donors (Lipinski definition) is 0. The summed E-state index contributed by atoms with van der Waals surface area (Å²) in [5.41, 5.74) is 1.23. The van der Waals surface area contributed by atoms with E-state index in [1.807, 2.05) is 12.1 Å². The molecule has 3 atom stereocenters. The van der Waals surface area contributed by atoms with Gasteiger partial charge in [-0.15, -0.1) is 0 Å². The number of esters is 1. The zero-order valence-electron chi connectivity index (χ0n) is 12.2. The van der Waals surface area contributed by atoms with Gasteiger partial charge in [0.1, 0.15) is 23.2 Å². The molecule has 4 rings (SSSR count). The second-order valence-corrected chi connectivity index (χ2v) is 6.74. The molecule has 2 unspecified atom stereocenters. The number of hydrogen-bond acceptors (Lipinski definition) is 4. The van der Waals surface area contributed by atoms with E-state index in [1.54, 1.807) is 6.07 Å². The highest BCUT2D eigenvalue weighted by Crippen LogP contribution is 2.74. The van der Waals surface area contributed by atoms with Gasteiger partial charge in [0, 0.05) is 17.4 Å². The van der Waals surface area contributed by atoms with Crippen LogP contribution in [0.5, 0.6) is 5.75 Å². The molecule has 21 heavy (non-hydrogen) atoms. The number of methoxy groups -OCH3 is 1. The van der Waals surface area contributed by atoms with Crippen LogP contribution in [-0.2, 0) is 9.53 Å². The lowest BCUT2D eigenvalue weighted by atomic mass is 9.79. The van der Waals surface area contributed by atoms with Gasteiger partial charge in [0.25, 0.3) is 0 Å². The molecule has 3 aliphatic rings. The van der Waals surface area contributed by atoms with Crippen LogP contribution in [0, 0.1) is 11.3 Å². The Morgan fingerprint density at radius 3 is 2.81 bits per heavy atom. The van der Waals surface area contributed by atoms with Gasteiger partial charge in [-0.2, -0.15) is 0 Å². The number of benzene rings is 1. The van der Waals surface area contributed by atoms with Crippen LogP contribution in [0.1, 0.15) is 48.0 Å². The highest BCUT2D eigenvalue weighted by atomic mass is 16.5. The lowest BCUT2D eigenvalue weighted by Gasteiger charge is -2.26. The summed E-state index contributed by atoms with van der Waals surface area (Å²) < 4.78 is 11.1. The van der Waals surface area contributed by atoms with Crippen LogP contribution in [0.25, 0.3) is 0 Å². The summed E-state index contributed by atoms with van der Waals surface area (Å²) in [6, 6.07) is 5.65. The Labute approximate surface area is 123 Å². The first kappa shape index (κ1) is 12.9. The number of fused-ring (bicyclic) bond motifs is 4. The number of carbonyl (C=O) groups excluding carboxylic acids is 2. The van der Waals surface area contributed by atoms with Gasteiger partial charge in [0.15, 0.2) is 0 Å². The molecule has 0 saturated heterocycles. The van der Waals surface area contributed by atoms with Crippen molar-refractivity contribution >= 4 is 12.3 Å². The average Bonchev–Trinajstić information content (AvgIpc) is 3.14. The van der Waals surface area contributed by atoms with E-state index in [4.69, 9.17) is 9.47 Å². The summed E-state index contributed by atoms with van der Waals surface area (Å²) in [6.45, 7) is 2.07. The maximum absolute atomic E-state index is 11.9. The van der Waals surface area contributed by atoms with Crippen LogP contribution in [-0.4, -0.2) is 25.0 Å². The molecule has 4 heteroatoms. The maximum atomic E-state index is 11.9. The molecular formula is C17H18O4. The van der Waals surface area contributed by atoms with Gasteiger partial charge in [-0.05, 0) is 37.7 Å². The summed E-state index contributed by atoms with van der Waals surface area (Å²) in [6.07, 6.45) is 3.98. The second kappa shape index (κ2) is 3.87. The number of para-hydroxylation sites is 1. The molecule has 0 bridgehead atoms. The molecular weight excluding hydrogens is 268 g/mol. The monoisotopic (exact) mass is 286 g/mol. The SMILES string of the molecule is COC(=O)c1cccc2c1OC1(C)C[C@@H](C=O)C3(CC3)C21. The summed E-state index contributed by atoms with van der Waals surface area (Å²) >= 11 is 0. The first-order chi connectivity index (χ1) is 10.1. The molecule has 110 valence electrons. The zero-order valence-corrected chi connectivity index (χ0v) is 12.2. The van der Waals surface area contributed by atoms with E-state index >= 15 is 0 Å². The van der Waals surface area contributed by atoms with Crippen LogP contribution in [0.3, 0.4) is 0 Å². The normalized spacial score (nSPS) is 34.0. The van der Waals surface area contributed by atoms with E-state index in [9.17, 15) is 9.59 Å². The minimum Gasteiger partial charge on any atom is -0.486 e. The largest absolute Gasteiger partial charge is 0.486 e. The third-order valence-electron chi connectivity index (χ3n) is 5.64. The minimum atomic E-state index is -0.380. The van der Waals surface area contributed by atoms with Gasteiger partial charge in [0.2, 0.25) is 0 Å². The van der Waals surface area contributed by atoms with Crippen molar-refractivity contribution in [2.75, 3.05) is 7.11 Å². The van der Waals surface area contributed by atoms with Crippen LogP contribution >= 0.6 is 0 Å². The quantitative estimate of drug-likeness (QED) is 0.619. The fourth-order valence-electron chi connectivity index (χ4n) is 4.71. The van der Waals surface area contributed by atoms with Crippen molar-refractivity contribution in [3.63, 3.8) is 0 Å². The van der Waals surface area contributed by atoms with Crippen molar-refractivity contribution in [1.82, 2.24) is 0 Å². The highest BCUT2D eigenvalue weighted by Gasteiger charge is 2.70. The van der Waals surface area contributed by atoms with Gasteiger partial charge in [-0.1, -0.05) is 12.1 Å². The molecule has 2 saturated carbocycles.